The molecule has 3 aromatic rings. The van der Waals surface area contributed by atoms with Gasteiger partial charge in [0.25, 0.3) is 5.91 Å². The summed E-state index contributed by atoms with van der Waals surface area (Å²) >= 11 is 0. The fourth-order valence-electron chi connectivity index (χ4n) is 3.22. The monoisotopic (exact) mass is 591 g/mol. The number of pyridine rings is 1. The van der Waals surface area contributed by atoms with Gasteiger partial charge in [0, 0.05) is 22.8 Å². The number of amides is 1. The number of benzene rings is 2. The summed E-state index contributed by atoms with van der Waals surface area (Å²) in [5.74, 6) is -0.427. The molecule has 0 saturated carbocycles. The molecule has 1 aliphatic heterocycles. The van der Waals surface area contributed by atoms with Gasteiger partial charge in [-0.2, -0.15) is 0 Å². The van der Waals surface area contributed by atoms with Crippen molar-refractivity contribution in [1.29, 1.82) is 0 Å². The van der Waals surface area contributed by atoms with Crippen molar-refractivity contribution >= 4 is 28.2 Å². The number of carbonyl (C=O) groups excluding carboxylic acids is 1. The minimum Gasteiger partial charge on any atom is -0.683 e. The molecule has 4 rings (SSSR count). The number of carbonyl (C=O) groups is 1. The van der Waals surface area contributed by atoms with Gasteiger partial charge in [0.15, 0.2) is 0 Å². The van der Waals surface area contributed by atoms with Gasteiger partial charge in [-0.1, -0.05) is 71.4 Å². The van der Waals surface area contributed by atoms with E-state index < -0.39 is 5.91 Å². The number of hydrogen-bond acceptors (Lipinski definition) is 2. The van der Waals surface area contributed by atoms with Gasteiger partial charge < -0.3 is 23.0 Å². The topological polar surface area (TPSA) is 76.1 Å². The average Bonchev–Trinajstić information content (AvgIpc) is 3.05. The number of H-pyrrole nitrogens is 1. The number of aromatic nitrogens is 1. The van der Waals surface area contributed by atoms with Crippen LogP contribution in [-0.2, 0) is 26.5 Å². The Kier molecular flexibility index (Phi) is 11.5. The van der Waals surface area contributed by atoms with E-state index >= 15 is 0 Å². The number of nitrogens with one attached hydrogen (secondary N) is 2. The first-order chi connectivity index (χ1) is 14.0. The first-order valence-electron chi connectivity index (χ1n) is 10.2. The Bertz CT molecular complexity index is 1060. The Morgan fingerprint density at radius 1 is 1.06 bits per heavy atom. The summed E-state index contributed by atoms with van der Waals surface area (Å²) in [6.45, 7) is 13.0. The molecule has 0 unspecified atom stereocenters. The van der Waals surface area contributed by atoms with E-state index in [1.54, 1.807) is 12.1 Å². The molecule has 6 heteroatoms. The van der Waals surface area contributed by atoms with Gasteiger partial charge in [-0.05, 0) is 23.6 Å². The number of para-hydroxylation sites is 1. The van der Waals surface area contributed by atoms with Gasteiger partial charge in [0.2, 0.25) is 5.43 Å². The molecule has 5 nitrogen and oxygen atoms in total. The van der Waals surface area contributed by atoms with Gasteiger partial charge in [-0.25, -0.2) is 0 Å². The van der Waals surface area contributed by atoms with Crippen molar-refractivity contribution in [1.82, 2.24) is 4.98 Å². The second-order valence-electron chi connectivity index (χ2n) is 6.96. The van der Waals surface area contributed by atoms with E-state index in [0.717, 1.165) is 12.2 Å². The van der Waals surface area contributed by atoms with Crippen molar-refractivity contribution in [3.8, 4) is 0 Å². The van der Waals surface area contributed by atoms with Crippen molar-refractivity contribution in [2.75, 3.05) is 11.9 Å². The fraction of sp³-hybridized carbons (Fsp3) is 0.320. The number of fused-ring (bicyclic) bond motifs is 2. The van der Waals surface area contributed by atoms with Gasteiger partial charge in [0.1, 0.15) is 5.56 Å². The minimum absolute atomic E-state index is 0. The Balaban J connectivity index is 0.00000142. The van der Waals surface area contributed by atoms with Crippen LogP contribution in [0, 0.1) is 7.43 Å². The van der Waals surface area contributed by atoms with Crippen LogP contribution in [0.1, 0.15) is 57.5 Å². The van der Waals surface area contributed by atoms with E-state index in [9.17, 15) is 9.59 Å². The maximum absolute atomic E-state index is 12.5. The molecule has 0 fully saturated rings. The van der Waals surface area contributed by atoms with Crippen LogP contribution in [0.4, 0.5) is 11.4 Å². The second-order valence-corrected chi connectivity index (χ2v) is 6.96. The zero-order valence-electron chi connectivity index (χ0n) is 19.5. The molecule has 31 heavy (non-hydrogen) atoms. The SMILES string of the molecule is CC.CC.CC1(C)C[N-]c2cc(NC(=O)c3c[nH]c4ccccc4c3=O)ccc21.[CH3-].[W+2]. The largest absolute Gasteiger partial charge is 2.00 e. The number of nitrogens with zero attached hydrogens (tertiary/aromatic N) is 1. The van der Waals surface area contributed by atoms with Gasteiger partial charge in [-0.15, -0.1) is 12.2 Å². The molecule has 1 aromatic heterocycles. The smallest absolute Gasteiger partial charge is 0.683 e. The zero-order valence-corrected chi connectivity index (χ0v) is 22.4. The molecular formula is C25H33N3O2W. The standard InChI is InChI=1S/C20H18N3O2.2C2H6.CH3.W/c1-20(2)11-22-17-9-12(7-8-15(17)20)23-19(25)14-10-21-16-6-4-3-5-13(16)18(14)24;2*1-2;;/h3-10H,11H2,1-2H3,(H2,21,23,24,25);2*1-2H3;1H3;/q-1;;;-1;+2. The third kappa shape index (κ3) is 6.07. The number of hydrogen-bond donors (Lipinski definition) is 2. The summed E-state index contributed by atoms with van der Waals surface area (Å²) in [6, 6.07) is 12.8. The first-order valence-corrected chi connectivity index (χ1v) is 10.2. The number of anilines is 1. The van der Waals surface area contributed by atoms with Crippen LogP contribution in [0.5, 0.6) is 0 Å². The Morgan fingerprint density at radius 2 is 1.71 bits per heavy atom. The van der Waals surface area contributed by atoms with Crippen molar-refractivity contribution in [3.63, 3.8) is 0 Å². The summed E-state index contributed by atoms with van der Waals surface area (Å²) in [5, 5.41) is 7.83. The van der Waals surface area contributed by atoms with Crippen LogP contribution >= 0.6 is 0 Å². The summed E-state index contributed by atoms with van der Waals surface area (Å²) in [6.07, 6.45) is 1.46. The molecule has 0 atom stereocenters. The van der Waals surface area contributed by atoms with E-state index in [0.29, 0.717) is 16.6 Å². The van der Waals surface area contributed by atoms with Gasteiger partial charge in [-0.3, -0.25) is 9.59 Å². The van der Waals surface area contributed by atoms with E-state index in [-0.39, 0.29) is 44.9 Å². The number of aromatic amines is 1. The summed E-state index contributed by atoms with van der Waals surface area (Å²) < 4.78 is 0. The quantitative estimate of drug-likeness (QED) is 0.331. The maximum Gasteiger partial charge on any atom is 2.00 e. The molecule has 2 heterocycles. The van der Waals surface area contributed by atoms with E-state index in [1.807, 2.05) is 58.0 Å². The van der Waals surface area contributed by atoms with E-state index in [4.69, 9.17) is 0 Å². The van der Waals surface area contributed by atoms with Crippen LogP contribution < -0.4 is 10.7 Å². The molecule has 0 aliphatic carbocycles. The molecule has 0 saturated heterocycles. The normalized spacial score (nSPS) is 12.3. The molecule has 0 bridgehead atoms. The van der Waals surface area contributed by atoms with Crippen molar-refractivity contribution in [2.24, 2.45) is 0 Å². The van der Waals surface area contributed by atoms with Crippen LogP contribution in [0.15, 0.2) is 53.5 Å². The molecule has 1 aliphatic rings. The molecule has 2 aromatic carbocycles. The minimum atomic E-state index is -0.427. The molecular weight excluding hydrogens is 558 g/mol. The Hall–Kier alpha value is -2.39. The van der Waals surface area contributed by atoms with E-state index in [2.05, 4.69) is 29.5 Å². The Labute approximate surface area is 200 Å². The second kappa shape index (κ2) is 12.5. The van der Waals surface area contributed by atoms with Crippen LogP contribution in [0.2, 0.25) is 0 Å². The van der Waals surface area contributed by atoms with Crippen molar-refractivity contribution in [2.45, 2.75) is 47.0 Å². The maximum atomic E-state index is 12.5. The van der Waals surface area contributed by atoms with Gasteiger partial charge >= 0.3 is 21.1 Å². The van der Waals surface area contributed by atoms with E-state index in [1.165, 1.54) is 11.8 Å². The molecule has 1 amide bonds. The predicted molar refractivity (Wildman–Crippen MR) is 129 cm³/mol. The molecule has 0 radical (unpaired) electrons. The summed E-state index contributed by atoms with van der Waals surface area (Å²) in [5.41, 5.74) is 3.26. The summed E-state index contributed by atoms with van der Waals surface area (Å²) in [7, 11) is 0. The summed E-state index contributed by atoms with van der Waals surface area (Å²) in [4.78, 5) is 28.1. The average molecular weight is 591 g/mol. The van der Waals surface area contributed by atoms with Crippen LogP contribution in [-0.4, -0.2) is 17.4 Å². The zero-order chi connectivity index (χ0) is 21.6. The van der Waals surface area contributed by atoms with Crippen LogP contribution in [0.25, 0.3) is 16.2 Å². The predicted octanol–water partition coefficient (Wildman–Crippen LogP) is 6.58. The van der Waals surface area contributed by atoms with Crippen molar-refractivity contribution in [3.05, 3.63) is 82.8 Å². The van der Waals surface area contributed by atoms with Crippen LogP contribution in [0.3, 0.4) is 0 Å². The van der Waals surface area contributed by atoms with Crippen molar-refractivity contribution < 1.29 is 25.9 Å². The third-order valence-corrected chi connectivity index (χ3v) is 4.66. The van der Waals surface area contributed by atoms with Gasteiger partial charge in [0.05, 0.1) is 0 Å². The number of rotatable bonds is 2. The third-order valence-electron chi connectivity index (χ3n) is 4.66. The molecule has 0 spiro atoms. The fourth-order valence-corrected chi connectivity index (χ4v) is 3.22. The molecule has 2 N–H and O–H groups in total. The molecule has 166 valence electrons. The first kappa shape index (κ1) is 28.6. The Morgan fingerprint density at radius 3 is 2.39 bits per heavy atom.